The number of aryl methyl sites for hydroxylation is 1. The zero-order valence-corrected chi connectivity index (χ0v) is 10.7. The Kier molecular flexibility index (Phi) is 4.51. The average molecular weight is 233 g/mol. The van der Waals surface area contributed by atoms with Crippen LogP contribution in [0.25, 0.3) is 0 Å². The molecule has 1 aliphatic carbocycles. The highest BCUT2D eigenvalue weighted by Gasteiger charge is 2.17. The molecule has 3 nitrogen and oxygen atoms in total. The monoisotopic (exact) mass is 233 g/mol. The minimum atomic E-state index is 0.253. The first-order valence-electron chi connectivity index (χ1n) is 6.68. The second-order valence-electron chi connectivity index (χ2n) is 5.18. The second kappa shape index (κ2) is 6.12. The van der Waals surface area contributed by atoms with Crippen LogP contribution in [0.4, 0.5) is 0 Å². The van der Waals surface area contributed by atoms with Gasteiger partial charge in [-0.3, -0.25) is 16.3 Å². The Labute approximate surface area is 104 Å². The van der Waals surface area contributed by atoms with Crippen molar-refractivity contribution in [2.45, 2.75) is 51.5 Å². The molecule has 3 N–H and O–H groups in total. The van der Waals surface area contributed by atoms with Gasteiger partial charge in [0.05, 0.1) is 0 Å². The molecule has 0 bridgehead atoms. The summed E-state index contributed by atoms with van der Waals surface area (Å²) in [6.45, 7) is 2.01. The lowest BCUT2D eigenvalue weighted by Gasteiger charge is -2.18. The molecule has 1 aliphatic rings. The molecule has 2 rings (SSSR count). The highest BCUT2D eigenvalue weighted by molar-refractivity contribution is 5.16. The number of nitrogens with two attached hydrogens (primary N) is 1. The van der Waals surface area contributed by atoms with Crippen LogP contribution in [-0.2, 0) is 0 Å². The van der Waals surface area contributed by atoms with Gasteiger partial charge in [0.1, 0.15) is 0 Å². The summed E-state index contributed by atoms with van der Waals surface area (Å²) in [5, 5.41) is 0. The summed E-state index contributed by atoms with van der Waals surface area (Å²) >= 11 is 0. The van der Waals surface area contributed by atoms with Crippen molar-refractivity contribution in [3.8, 4) is 0 Å². The topological polar surface area (TPSA) is 50.9 Å². The van der Waals surface area contributed by atoms with Gasteiger partial charge in [-0.05, 0) is 37.3 Å². The molecule has 1 saturated carbocycles. The van der Waals surface area contributed by atoms with E-state index in [-0.39, 0.29) is 6.04 Å². The van der Waals surface area contributed by atoms with E-state index in [4.69, 9.17) is 5.84 Å². The van der Waals surface area contributed by atoms with Gasteiger partial charge in [0.15, 0.2) is 0 Å². The first-order valence-corrected chi connectivity index (χ1v) is 6.68. The summed E-state index contributed by atoms with van der Waals surface area (Å²) < 4.78 is 0. The van der Waals surface area contributed by atoms with E-state index in [2.05, 4.69) is 22.5 Å². The molecule has 1 heterocycles. The van der Waals surface area contributed by atoms with Crippen molar-refractivity contribution in [1.29, 1.82) is 0 Å². The maximum atomic E-state index is 5.65. The van der Waals surface area contributed by atoms with Crippen LogP contribution in [-0.4, -0.2) is 4.98 Å². The maximum Gasteiger partial charge on any atom is 0.0475 e. The van der Waals surface area contributed by atoms with Gasteiger partial charge in [-0.2, -0.15) is 0 Å². The van der Waals surface area contributed by atoms with E-state index >= 15 is 0 Å². The zero-order chi connectivity index (χ0) is 12.1. The van der Waals surface area contributed by atoms with Gasteiger partial charge in [-0.15, -0.1) is 0 Å². The lowest BCUT2D eigenvalue weighted by atomic mass is 9.96. The van der Waals surface area contributed by atoms with E-state index in [0.717, 1.165) is 18.0 Å². The molecule has 0 aliphatic heterocycles. The molecule has 0 aromatic carbocycles. The molecule has 3 heteroatoms. The van der Waals surface area contributed by atoms with E-state index in [9.17, 15) is 0 Å². The van der Waals surface area contributed by atoms with Gasteiger partial charge in [0.25, 0.3) is 0 Å². The normalized spacial score (nSPS) is 18.5. The van der Waals surface area contributed by atoms with Crippen LogP contribution in [0.5, 0.6) is 0 Å². The first-order chi connectivity index (χ1) is 8.29. The van der Waals surface area contributed by atoms with E-state index in [0.29, 0.717) is 0 Å². The van der Waals surface area contributed by atoms with Crippen molar-refractivity contribution in [2.75, 3.05) is 0 Å². The molecular weight excluding hydrogens is 210 g/mol. The SMILES string of the molecule is Cc1ccc(C(CCC2CCCC2)NN)cn1. The van der Waals surface area contributed by atoms with Gasteiger partial charge >= 0.3 is 0 Å². The number of hydrazine groups is 1. The van der Waals surface area contributed by atoms with Gasteiger partial charge in [0.2, 0.25) is 0 Å². The van der Waals surface area contributed by atoms with E-state index < -0.39 is 0 Å². The summed E-state index contributed by atoms with van der Waals surface area (Å²) in [6.07, 6.45) is 9.98. The lowest BCUT2D eigenvalue weighted by molar-refractivity contribution is 0.416. The van der Waals surface area contributed by atoms with Crippen molar-refractivity contribution < 1.29 is 0 Å². The van der Waals surface area contributed by atoms with Gasteiger partial charge in [0, 0.05) is 17.9 Å². The molecule has 1 fully saturated rings. The Morgan fingerprint density at radius 3 is 2.76 bits per heavy atom. The Bertz CT molecular complexity index is 328. The Balaban J connectivity index is 1.89. The van der Waals surface area contributed by atoms with Crippen molar-refractivity contribution in [3.05, 3.63) is 29.6 Å². The quantitative estimate of drug-likeness (QED) is 0.607. The fourth-order valence-corrected chi connectivity index (χ4v) is 2.73. The van der Waals surface area contributed by atoms with Gasteiger partial charge < -0.3 is 0 Å². The number of nitrogens with zero attached hydrogens (tertiary/aromatic N) is 1. The number of nitrogens with one attached hydrogen (secondary N) is 1. The van der Waals surface area contributed by atoms with Crippen LogP contribution in [0.2, 0.25) is 0 Å². The number of aromatic nitrogens is 1. The molecule has 0 spiro atoms. The molecule has 17 heavy (non-hydrogen) atoms. The van der Waals surface area contributed by atoms with Crippen molar-refractivity contribution >= 4 is 0 Å². The number of hydrogen-bond acceptors (Lipinski definition) is 3. The molecule has 94 valence electrons. The van der Waals surface area contributed by atoms with E-state index in [1.165, 1.54) is 37.7 Å². The van der Waals surface area contributed by atoms with Crippen LogP contribution in [0.15, 0.2) is 18.3 Å². The summed E-state index contributed by atoms with van der Waals surface area (Å²) in [6, 6.07) is 4.43. The van der Waals surface area contributed by atoms with Crippen molar-refractivity contribution in [1.82, 2.24) is 10.4 Å². The lowest BCUT2D eigenvalue weighted by Crippen LogP contribution is -2.28. The van der Waals surface area contributed by atoms with Crippen LogP contribution in [0.3, 0.4) is 0 Å². The predicted octanol–water partition coefficient (Wildman–Crippen LogP) is 2.86. The summed E-state index contributed by atoms with van der Waals surface area (Å²) in [5.74, 6) is 6.57. The van der Waals surface area contributed by atoms with Crippen LogP contribution in [0, 0.1) is 12.8 Å². The third-order valence-electron chi connectivity index (χ3n) is 3.88. The minimum absolute atomic E-state index is 0.253. The number of rotatable bonds is 5. The zero-order valence-electron chi connectivity index (χ0n) is 10.7. The Morgan fingerprint density at radius 1 is 1.41 bits per heavy atom. The third-order valence-corrected chi connectivity index (χ3v) is 3.88. The third kappa shape index (κ3) is 3.51. The summed E-state index contributed by atoms with van der Waals surface area (Å²) in [5.41, 5.74) is 5.18. The van der Waals surface area contributed by atoms with Crippen LogP contribution >= 0.6 is 0 Å². The highest BCUT2D eigenvalue weighted by atomic mass is 15.2. The van der Waals surface area contributed by atoms with Crippen molar-refractivity contribution in [2.24, 2.45) is 11.8 Å². The van der Waals surface area contributed by atoms with Crippen molar-refractivity contribution in [3.63, 3.8) is 0 Å². The van der Waals surface area contributed by atoms with Crippen LogP contribution in [0.1, 0.15) is 55.8 Å². The largest absolute Gasteiger partial charge is 0.271 e. The predicted molar refractivity (Wildman–Crippen MR) is 70.2 cm³/mol. The second-order valence-corrected chi connectivity index (χ2v) is 5.18. The molecule has 1 atom stereocenters. The Morgan fingerprint density at radius 2 is 2.18 bits per heavy atom. The molecule has 0 amide bonds. The van der Waals surface area contributed by atoms with E-state index in [1.54, 1.807) is 0 Å². The molecule has 1 unspecified atom stereocenters. The van der Waals surface area contributed by atoms with Crippen LogP contribution < -0.4 is 11.3 Å². The van der Waals surface area contributed by atoms with Gasteiger partial charge in [-0.25, -0.2) is 0 Å². The fraction of sp³-hybridized carbons (Fsp3) is 0.643. The fourth-order valence-electron chi connectivity index (χ4n) is 2.73. The number of pyridine rings is 1. The molecule has 0 saturated heterocycles. The number of hydrogen-bond donors (Lipinski definition) is 2. The molecule has 0 radical (unpaired) electrons. The standard InChI is InChI=1S/C14H23N3/c1-11-6-8-13(10-16-11)14(17-15)9-7-12-4-2-3-5-12/h6,8,10,12,14,17H,2-5,7,9,15H2,1H3. The maximum absolute atomic E-state index is 5.65. The van der Waals surface area contributed by atoms with E-state index in [1.807, 2.05) is 13.1 Å². The minimum Gasteiger partial charge on any atom is -0.271 e. The smallest absolute Gasteiger partial charge is 0.0475 e. The van der Waals surface area contributed by atoms with Gasteiger partial charge in [-0.1, -0.05) is 31.7 Å². The summed E-state index contributed by atoms with van der Waals surface area (Å²) in [4.78, 5) is 4.33. The Hall–Kier alpha value is -0.930. The molecule has 1 aromatic heterocycles. The molecule has 1 aromatic rings. The highest BCUT2D eigenvalue weighted by Crippen LogP contribution is 2.31. The summed E-state index contributed by atoms with van der Waals surface area (Å²) in [7, 11) is 0. The molecular formula is C14H23N3. The average Bonchev–Trinajstić information content (AvgIpc) is 2.85. The first kappa shape index (κ1) is 12.5.